The Balaban J connectivity index is 1.78. The van der Waals surface area contributed by atoms with Gasteiger partial charge < -0.3 is 10.6 Å². The smallest absolute Gasteiger partial charge is 0.213 e. The van der Waals surface area contributed by atoms with Crippen LogP contribution in [0.3, 0.4) is 0 Å². The maximum atomic E-state index is 12.0. The van der Waals surface area contributed by atoms with E-state index in [2.05, 4.69) is 20.3 Å². The van der Waals surface area contributed by atoms with Crippen molar-refractivity contribution in [1.29, 1.82) is 0 Å². The molecule has 0 saturated heterocycles. The molecule has 6 nitrogen and oxygen atoms in total. The van der Waals surface area contributed by atoms with Gasteiger partial charge in [-0.05, 0) is 43.4 Å². The van der Waals surface area contributed by atoms with Crippen molar-refractivity contribution in [3.63, 3.8) is 0 Å². The molecule has 0 heterocycles. The minimum Gasteiger partial charge on any atom is -0.355 e. The molecule has 0 aromatic heterocycles. The Kier molecular flexibility index (Phi) is 8.01. The predicted octanol–water partition coefficient (Wildman–Crippen LogP) is 2.94. The second-order valence-electron chi connectivity index (χ2n) is 6.50. The van der Waals surface area contributed by atoms with E-state index >= 15 is 0 Å². The number of guanidine groups is 1. The summed E-state index contributed by atoms with van der Waals surface area (Å²) in [6.45, 7) is 2.78. The number of nitrogens with one attached hydrogen (secondary N) is 3. The normalized spacial score (nSPS) is 16.8. The van der Waals surface area contributed by atoms with Gasteiger partial charge in [0.25, 0.3) is 0 Å². The van der Waals surface area contributed by atoms with Crippen LogP contribution in [-0.2, 0) is 10.0 Å². The van der Waals surface area contributed by atoms with Crippen molar-refractivity contribution < 1.29 is 8.42 Å². The highest BCUT2D eigenvalue weighted by Gasteiger charge is 2.20. The summed E-state index contributed by atoms with van der Waals surface area (Å²) in [7, 11) is -1.64. The lowest BCUT2D eigenvalue weighted by Gasteiger charge is -2.25. The topological polar surface area (TPSA) is 82.6 Å². The molecule has 1 unspecified atom stereocenters. The molecule has 1 atom stereocenters. The van der Waals surface area contributed by atoms with Crippen molar-refractivity contribution >= 4 is 39.2 Å². The number of rotatable bonds is 8. The first-order valence-corrected chi connectivity index (χ1v) is 11.1. The van der Waals surface area contributed by atoms with E-state index in [1.807, 2.05) is 13.0 Å². The highest BCUT2D eigenvalue weighted by molar-refractivity contribution is 7.89. The molecule has 0 amide bonds. The van der Waals surface area contributed by atoms with Crippen LogP contribution in [-0.4, -0.2) is 40.3 Å². The van der Waals surface area contributed by atoms with Crippen molar-refractivity contribution in [3.8, 4) is 0 Å². The molecule has 0 bridgehead atoms. The monoisotopic (exact) mass is 420 g/mol. The first-order valence-electron chi connectivity index (χ1n) is 8.70. The van der Waals surface area contributed by atoms with Crippen LogP contribution in [0.25, 0.3) is 0 Å². The molecular weight excluding hydrogens is 395 g/mol. The van der Waals surface area contributed by atoms with E-state index in [0.29, 0.717) is 28.5 Å². The number of nitrogens with zero attached hydrogens (tertiary/aromatic N) is 1. The third-order valence-corrected chi connectivity index (χ3v) is 6.59. The van der Waals surface area contributed by atoms with Crippen LogP contribution < -0.4 is 15.4 Å². The average Bonchev–Trinajstić information content (AvgIpc) is 2.54. The molecule has 2 rings (SSSR count). The van der Waals surface area contributed by atoms with Crippen LogP contribution in [0.4, 0.5) is 0 Å². The van der Waals surface area contributed by atoms with Crippen molar-refractivity contribution in [2.24, 2.45) is 10.9 Å². The zero-order valence-corrected chi connectivity index (χ0v) is 17.4. The van der Waals surface area contributed by atoms with E-state index in [1.165, 1.54) is 6.42 Å². The van der Waals surface area contributed by atoms with Crippen molar-refractivity contribution in [2.45, 2.75) is 32.2 Å². The van der Waals surface area contributed by atoms with E-state index < -0.39 is 10.0 Å². The Bertz CT molecular complexity index is 736. The summed E-state index contributed by atoms with van der Waals surface area (Å²) < 4.78 is 26.7. The molecule has 0 aliphatic heterocycles. The molecule has 26 heavy (non-hydrogen) atoms. The van der Waals surface area contributed by atoms with Crippen LogP contribution in [0.15, 0.2) is 23.2 Å². The molecule has 1 aromatic carbocycles. The van der Waals surface area contributed by atoms with Gasteiger partial charge in [0.05, 0.1) is 21.8 Å². The van der Waals surface area contributed by atoms with Crippen molar-refractivity contribution in [3.05, 3.63) is 33.8 Å². The van der Waals surface area contributed by atoms with E-state index in [9.17, 15) is 8.42 Å². The van der Waals surface area contributed by atoms with Crippen LogP contribution >= 0.6 is 23.2 Å². The molecular formula is C17H26Cl2N4O2S. The summed E-state index contributed by atoms with van der Waals surface area (Å²) in [4.78, 5) is 4.13. The Morgan fingerprint density at radius 1 is 1.31 bits per heavy atom. The first-order chi connectivity index (χ1) is 12.3. The molecule has 1 aliphatic carbocycles. The van der Waals surface area contributed by atoms with Gasteiger partial charge in [0, 0.05) is 20.1 Å². The number of benzene rings is 1. The van der Waals surface area contributed by atoms with Crippen LogP contribution in [0, 0.1) is 5.92 Å². The van der Waals surface area contributed by atoms with Gasteiger partial charge in [0.15, 0.2) is 5.96 Å². The second kappa shape index (κ2) is 9.78. The van der Waals surface area contributed by atoms with Gasteiger partial charge in [0.1, 0.15) is 0 Å². The molecule has 1 aromatic rings. The highest BCUT2D eigenvalue weighted by atomic mass is 35.5. The van der Waals surface area contributed by atoms with Gasteiger partial charge in [0.2, 0.25) is 10.0 Å². The van der Waals surface area contributed by atoms with Gasteiger partial charge in [-0.15, -0.1) is 0 Å². The fraction of sp³-hybridized carbons (Fsp3) is 0.588. The zero-order chi connectivity index (χ0) is 19.2. The molecule has 0 radical (unpaired) electrons. The van der Waals surface area contributed by atoms with Crippen molar-refractivity contribution in [1.82, 2.24) is 15.4 Å². The minimum absolute atomic E-state index is 0.00156. The number of aliphatic imine (C=N–C) groups is 1. The van der Waals surface area contributed by atoms with Gasteiger partial charge in [-0.2, -0.15) is 0 Å². The minimum atomic E-state index is -3.28. The van der Waals surface area contributed by atoms with E-state index in [-0.39, 0.29) is 18.3 Å². The molecule has 1 fully saturated rings. The summed E-state index contributed by atoms with van der Waals surface area (Å²) in [5.41, 5.74) is 0.956. The molecule has 3 N–H and O–H groups in total. The molecule has 146 valence electrons. The number of hydrogen-bond donors (Lipinski definition) is 3. The van der Waals surface area contributed by atoms with E-state index in [0.717, 1.165) is 18.4 Å². The Hall–Kier alpha value is -1.02. The fourth-order valence-electron chi connectivity index (χ4n) is 2.58. The molecule has 9 heteroatoms. The van der Waals surface area contributed by atoms with Crippen LogP contribution in [0.1, 0.15) is 37.8 Å². The van der Waals surface area contributed by atoms with Gasteiger partial charge >= 0.3 is 0 Å². The van der Waals surface area contributed by atoms with Crippen LogP contribution in [0.2, 0.25) is 10.0 Å². The molecule has 1 saturated carbocycles. The summed E-state index contributed by atoms with van der Waals surface area (Å²) in [5.74, 6) is 1.03. The highest BCUT2D eigenvalue weighted by Crippen LogP contribution is 2.26. The Morgan fingerprint density at radius 3 is 2.62 bits per heavy atom. The lowest BCUT2D eigenvalue weighted by Crippen LogP contribution is -2.42. The lowest BCUT2D eigenvalue weighted by molar-refractivity contribution is 0.316. The predicted molar refractivity (Wildman–Crippen MR) is 109 cm³/mol. The van der Waals surface area contributed by atoms with Crippen molar-refractivity contribution in [2.75, 3.05) is 25.9 Å². The average molecular weight is 421 g/mol. The zero-order valence-electron chi connectivity index (χ0n) is 15.1. The second-order valence-corrected chi connectivity index (χ2v) is 9.24. The maximum absolute atomic E-state index is 12.0. The Morgan fingerprint density at radius 2 is 2.04 bits per heavy atom. The van der Waals surface area contributed by atoms with E-state index in [1.54, 1.807) is 19.2 Å². The first kappa shape index (κ1) is 21.3. The third kappa shape index (κ3) is 6.61. The summed E-state index contributed by atoms with van der Waals surface area (Å²) in [5, 5.41) is 7.23. The summed E-state index contributed by atoms with van der Waals surface area (Å²) >= 11 is 12.0. The van der Waals surface area contributed by atoms with Gasteiger partial charge in [-0.3, -0.25) is 4.99 Å². The lowest BCUT2D eigenvalue weighted by atomic mass is 9.86. The summed E-state index contributed by atoms with van der Waals surface area (Å²) in [6.07, 6.45) is 3.43. The number of sulfonamides is 1. The standard InChI is InChI=1S/C17H26Cl2N4O2S/c1-12(14-6-7-15(18)16(19)10-14)23-17(20-2)21-8-9-26(24,25)22-11-13-4-3-5-13/h6-7,10,12-13,22H,3-5,8-9,11H2,1-2H3,(H2,20,21,23). The number of hydrogen-bond acceptors (Lipinski definition) is 3. The molecule has 0 spiro atoms. The SMILES string of the molecule is CN=C(NCCS(=O)(=O)NCC1CCC1)NC(C)c1ccc(Cl)c(Cl)c1. The summed E-state index contributed by atoms with van der Waals surface area (Å²) in [6, 6.07) is 5.36. The fourth-order valence-corrected chi connectivity index (χ4v) is 3.89. The quantitative estimate of drug-likeness (QED) is 0.445. The van der Waals surface area contributed by atoms with Crippen LogP contribution in [0.5, 0.6) is 0 Å². The number of halogens is 2. The van der Waals surface area contributed by atoms with E-state index in [4.69, 9.17) is 23.2 Å². The molecule has 1 aliphatic rings. The van der Waals surface area contributed by atoms with Gasteiger partial charge in [-0.1, -0.05) is 35.7 Å². The largest absolute Gasteiger partial charge is 0.355 e. The van der Waals surface area contributed by atoms with Gasteiger partial charge in [-0.25, -0.2) is 13.1 Å². The Labute approximate surface area is 165 Å². The third-order valence-electron chi connectivity index (χ3n) is 4.50. The maximum Gasteiger partial charge on any atom is 0.213 e.